The van der Waals surface area contributed by atoms with Gasteiger partial charge in [-0.15, -0.1) is 0 Å². The van der Waals surface area contributed by atoms with E-state index in [1.54, 1.807) is 0 Å². The summed E-state index contributed by atoms with van der Waals surface area (Å²) in [6.45, 7) is 6.25. The summed E-state index contributed by atoms with van der Waals surface area (Å²) >= 11 is 1.43. The Bertz CT molecular complexity index is 1060. The molecule has 2 N–H and O–H groups in total. The highest BCUT2D eigenvalue weighted by Gasteiger charge is 2.17. The topological polar surface area (TPSA) is 57.5 Å². The minimum absolute atomic E-state index is 0.0368. The quantitative estimate of drug-likeness (QED) is 0.585. The Morgan fingerprint density at radius 2 is 1.85 bits per heavy atom. The van der Waals surface area contributed by atoms with Gasteiger partial charge in [0.15, 0.2) is 5.13 Å². The van der Waals surface area contributed by atoms with Gasteiger partial charge in [0.05, 0.1) is 10.6 Å². The van der Waals surface area contributed by atoms with Crippen molar-refractivity contribution >= 4 is 45.7 Å². The Kier molecular flexibility index (Phi) is 4.54. The third-order valence-electron chi connectivity index (χ3n) is 4.78. The zero-order chi connectivity index (χ0) is 19.0. The summed E-state index contributed by atoms with van der Waals surface area (Å²) in [5.74, 6) is 0.0368. The molecule has 1 aromatic heterocycles. The predicted molar refractivity (Wildman–Crippen MR) is 115 cm³/mol. The summed E-state index contributed by atoms with van der Waals surface area (Å²) in [7, 11) is 0. The predicted octanol–water partition coefficient (Wildman–Crippen LogP) is 6.03. The number of allylic oxidation sites excluding steroid dienone is 1. The number of para-hydroxylation sites is 2. The largest absolute Gasteiger partial charge is 0.492 e. The molecule has 27 heavy (non-hydrogen) atoms. The Morgan fingerprint density at radius 1 is 1.11 bits per heavy atom. The molecule has 136 valence electrons. The fourth-order valence-electron chi connectivity index (χ4n) is 3.31. The van der Waals surface area contributed by atoms with Crippen molar-refractivity contribution in [3.63, 3.8) is 0 Å². The van der Waals surface area contributed by atoms with E-state index in [2.05, 4.69) is 66.4 Å². The zero-order valence-corrected chi connectivity index (χ0v) is 16.4. The molecule has 0 aliphatic carbocycles. The lowest BCUT2D eigenvalue weighted by atomic mass is 10.0. The average molecular weight is 375 g/mol. The molecular weight excluding hydrogens is 354 g/mol. The molecule has 0 amide bonds. The maximum atomic E-state index is 10.3. The van der Waals surface area contributed by atoms with E-state index >= 15 is 0 Å². The molecule has 0 radical (unpaired) electrons. The van der Waals surface area contributed by atoms with Gasteiger partial charge in [-0.3, -0.25) is 4.99 Å². The van der Waals surface area contributed by atoms with Gasteiger partial charge in [0.2, 0.25) is 5.88 Å². The first kappa shape index (κ1) is 17.5. The van der Waals surface area contributed by atoms with E-state index in [1.165, 1.54) is 16.9 Å². The number of rotatable bonds is 4. The van der Waals surface area contributed by atoms with Gasteiger partial charge in [-0.2, -0.15) is 4.98 Å². The number of nitrogens with zero attached hydrogens (tertiary/aromatic N) is 2. The molecule has 4 rings (SSSR count). The highest BCUT2D eigenvalue weighted by Crippen LogP contribution is 2.39. The minimum Gasteiger partial charge on any atom is -0.492 e. The fourth-order valence-corrected chi connectivity index (χ4v) is 4.13. The van der Waals surface area contributed by atoms with Crippen molar-refractivity contribution in [3.05, 3.63) is 63.5 Å². The number of aryl methyl sites for hydroxylation is 3. The van der Waals surface area contributed by atoms with Crippen LogP contribution in [0.1, 0.15) is 34.1 Å². The lowest BCUT2D eigenvalue weighted by Gasteiger charge is -2.09. The second-order valence-corrected chi connectivity index (χ2v) is 7.65. The van der Waals surface area contributed by atoms with Crippen LogP contribution in [-0.4, -0.2) is 16.3 Å². The molecule has 0 bridgehead atoms. The van der Waals surface area contributed by atoms with Crippen LogP contribution in [0.4, 0.5) is 16.5 Å². The number of nitrogens with one attached hydrogen (secondary N) is 1. The Balaban J connectivity index is 1.66. The first-order chi connectivity index (χ1) is 13.1. The van der Waals surface area contributed by atoms with Gasteiger partial charge in [-0.1, -0.05) is 54.7 Å². The van der Waals surface area contributed by atoms with Crippen LogP contribution in [0.2, 0.25) is 0 Å². The van der Waals surface area contributed by atoms with Crippen LogP contribution in [-0.2, 0) is 6.42 Å². The van der Waals surface area contributed by atoms with E-state index in [1.807, 2.05) is 18.4 Å². The van der Waals surface area contributed by atoms with Crippen molar-refractivity contribution in [1.82, 2.24) is 4.98 Å². The lowest BCUT2D eigenvalue weighted by Crippen LogP contribution is -1.94. The average Bonchev–Trinajstić information content (AvgIpc) is 3.22. The van der Waals surface area contributed by atoms with Gasteiger partial charge in [-0.25, -0.2) is 0 Å². The summed E-state index contributed by atoms with van der Waals surface area (Å²) in [5.41, 5.74) is 7.69. The molecule has 0 unspecified atom stereocenters. The molecule has 2 aromatic carbocycles. The van der Waals surface area contributed by atoms with Crippen molar-refractivity contribution in [1.29, 1.82) is 0 Å². The Hall–Kier alpha value is -2.92. The van der Waals surface area contributed by atoms with E-state index in [-0.39, 0.29) is 5.88 Å². The van der Waals surface area contributed by atoms with Crippen LogP contribution in [0.25, 0.3) is 11.6 Å². The molecule has 0 saturated heterocycles. The fraction of sp³-hybridized carbons (Fsp3) is 0.182. The van der Waals surface area contributed by atoms with E-state index in [0.717, 1.165) is 44.9 Å². The Morgan fingerprint density at radius 3 is 2.59 bits per heavy atom. The number of aromatic hydroxyl groups is 1. The molecule has 0 atom stereocenters. The zero-order valence-electron chi connectivity index (χ0n) is 15.6. The van der Waals surface area contributed by atoms with Gasteiger partial charge >= 0.3 is 0 Å². The van der Waals surface area contributed by atoms with Gasteiger partial charge in [-0.05, 0) is 43.0 Å². The van der Waals surface area contributed by atoms with Crippen molar-refractivity contribution in [2.45, 2.75) is 27.2 Å². The lowest BCUT2D eigenvalue weighted by molar-refractivity contribution is 0.457. The van der Waals surface area contributed by atoms with Crippen LogP contribution < -0.4 is 5.32 Å². The summed E-state index contributed by atoms with van der Waals surface area (Å²) < 4.78 is 0. The van der Waals surface area contributed by atoms with Gasteiger partial charge in [0.1, 0.15) is 0 Å². The molecule has 1 aliphatic heterocycles. The maximum Gasteiger partial charge on any atom is 0.231 e. The van der Waals surface area contributed by atoms with Crippen LogP contribution in [0.3, 0.4) is 0 Å². The minimum atomic E-state index is 0.0368. The molecule has 0 saturated carbocycles. The highest BCUT2D eigenvalue weighted by atomic mass is 32.1. The number of anilines is 2. The van der Waals surface area contributed by atoms with Gasteiger partial charge in [0.25, 0.3) is 0 Å². The molecule has 4 nitrogen and oxygen atoms in total. The van der Waals surface area contributed by atoms with E-state index < -0.39 is 0 Å². The summed E-state index contributed by atoms with van der Waals surface area (Å²) in [5, 5.41) is 14.4. The molecule has 5 heteroatoms. The number of aromatic nitrogens is 1. The second kappa shape index (κ2) is 7.00. The van der Waals surface area contributed by atoms with Crippen LogP contribution in [0.5, 0.6) is 5.88 Å². The summed E-state index contributed by atoms with van der Waals surface area (Å²) in [6.07, 6.45) is 4.77. The van der Waals surface area contributed by atoms with Crippen molar-refractivity contribution in [2.75, 3.05) is 5.32 Å². The van der Waals surface area contributed by atoms with Crippen molar-refractivity contribution < 1.29 is 5.11 Å². The smallest absolute Gasteiger partial charge is 0.231 e. The number of hydrogen-bond donors (Lipinski definition) is 2. The first-order valence-corrected chi connectivity index (χ1v) is 9.79. The molecule has 0 fully saturated rings. The molecule has 3 aromatic rings. The highest BCUT2D eigenvalue weighted by molar-refractivity contribution is 7.16. The van der Waals surface area contributed by atoms with E-state index in [0.29, 0.717) is 5.13 Å². The van der Waals surface area contributed by atoms with Crippen molar-refractivity contribution in [3.8, 4) is 5.88 Å². The second-order valence-electron chi connectivity index (χ2n) is 6.62. The molecular formula is C22H21N3OS. The SMILES string of the molecule is CCc1cccc2c1N=C/C2=C\c1sc(Nc2c(C)cccc2C)nc1O. The standard InChI is InChI=1S/C22H21N3OS/c1-4-15-9-6-10-17-16(12-23-20(15)17)11-18-21(26)25-22(27-18)24-19-13(2)7-5-8-14(19)3/h5-12,26H,4H2,1-3H3,(H,24,25)/b16-11+. The number of aliphatic imine (C=N–C) groups is 1. The third kappa shape index (κ3) is 3.26. The van der Waals surface area contributed by atoms with E-state index in [4.69, 9.17) is 0 Å². The monoisotopic (exact) mass is 375 g/mol. The van der Waals surface area contributed by atoms with Gasteiger partial charge < -0.3 is 10.4 Å². The van der Waals surface area contributed by atoms with Crippen LogP contribution >= 0.6 is 11.3 Å². The molecule has 0 spiro atoms. The number of thiazole rings is 1. The first-order valence-electron chi connectivity index (χ1n) is 8.98. The normalized spacial score (nSPS) is 14.0. The van der Waals surface area contributed by atoms with Crippen LogP contribution in [0.15, 0.2) is 41.4 Å². The number of fused-ring (bicyclic) bond motifs is 1. The molecule has 1 aliphatic rings. The Labute approximate surface area is 163 Å². The summed E-state index contributed by atoms with van der Waals surface area (Å²) in [4.78, 5) is 9.58. The number of hydrogen-bond acceptors (Lipinski definition) is 5. The summed E-state index contributed by atoms with van der Waals surface area (Å²) in [6, 6.07) is 12.4. The van der Waals surface area contributed by atoms with Crippen molar-refractivity contribution in [2.24, 2.45) is 4.99 Å². The van der Waals surface area contributed by atoms with Crippen LogP contribution in [0, 0.1) is 13.8 Å². The van der Waals surface area contributed by atoms with Gasteiger partial charge in [0, 0.05) is 23.0 Å². The maximum absolute atomic E-state index is 10.3. The molecule has 2 heterocycles. The number of benzene rings is 2. The third-order valence-corrected chi connectivity index (χ3v) is 5.69. The van der Waals surface area contributed by atoms with E-state index in [9.17, 15) is 5.11 Å².